The van der Waals surface area contributed by atoms with E-state index in [1.54, 1.807) is 23.4 Å². The fraction of sp³-hybridized carbons (Fsp3) is 0.667. The third-order valence-electron chi connectivity index (χ3n) is 3.19. The van der Waals surface area contributed by atoms with Crippen molar-refractivity contribution in [1.29, 1.82) is 0 Å². The second kappa shape index (κ2) is 6.29. The normalized spacial score (nSPS) is 20.7. The molecule has 6 heteroatoms. The number of aromatic nitrogens is 2. The fourth-order valence-corrected chi connectivity index (χ4v) is 2.21. The Morgan fingerprint density at radius 3 is 2.44 bits per heavy atom. The Hall–Kier alpha value is -0.940. The summed E-state index contributed by atoms with van der Waals surface area (Å²) < 4.78 is 14.0. The number of halogens is 2. The monoisotopic (exact) mass is 272 g/mol. The van der Waals surface area contributed by atoms with Gasteiger partial charge in [-0.2, -0.15) is 0 Å². The van der Waals surface area contributed by atoms with Gasteiger partial charge < -0.3 is 4.90 Å². The highest BCUT2D eigenvalue weighted by atomic mass is 35.5. The summed E-state index contributed by atoms with van der Waals surface area (Å²) in [5.41, 5.74) is 0. The van der Waals surface area contributed by atoms with Crippen LogP contribution in [0.3, 0.4) is 0 Å². The Balaban J connectivity index is 1.88. The second-order valence-electron chi connectivity index (χ2n) is 4.37. The summed E-state index contributed by atoms with van der Waals surface area (Å²) in [6.45, 7) is 4.68. The molecule has 1 aromatic rings. The molecule has 0 radical (unpaired) electrons. The van der Waals surface area contributed by atoms with Gasteiger partial charge in [-0.05, 0) is 12.5 Å². The highest BCUT2D eigenvalue weighted by Crippen LogP contribution is 2.18. The van der Waals surface area contributed by atoms with E-state index in [0.717, 1.165) is 13.1 Å². The van der Waals surface area contributed by atoms with E-state index in [0.29, 0.717) is 25.5 Å². The van der Waals surface area contributed by atoms with Crippen LogP contribution in [0.4, 0.5) is 10.3 Å². The first kappa shape index (κ1) is 13.5. The second-order valence-corrected chi connectivity index (χ2v) is 4.93. The van der Waals surface area contributed by atoms with Crippen LogP contribution in [0, 0.1) is 0 Å². The van der Waals surface area contributed by atoms with Crippen molar-refractivity contribution in [2.45, 2.75) is 25.0 Å². The summed E-state index contributed by atoms with van der Waals surface area (Å²) in [6.07, 6.45) is 3.03. The molecular formula is C12H18ClFN4. The Morgan fingerprint density at radius 2 is 1.89 bits per heavy atom. The average Bonchev–Trinajstić information content (AvgIpc) is 2.47. The number of alkyl halides is 2. The molecule has 1 aliphatic rings. The summed E-state index contributed by atoms with van der Waals surface area (Å²) in [5.74, 6) is 0.713. The number of anilines is 1. The summed E-state index contributed by atoms with van der Waals surface area (Å²) in [7, 11) is 0. The Kier molecular flexibility index (Phi) is 4.72. The van der Waals surface area contributed by atoms with Crippen molar-refractivity contribution >= 4 is 17.5 Å². The number of rotatable bonds is 4. The van der Waals surface area contributed by atoms with Crippen molar-refractivity contribution in [3.8, 4) is 0 Å². The van der Waals surface area contributed by atoms with Crippen molar-refractivity contribution in [3.63, 3.8) is 0 Å². The molecule has 1 saturated heterocycles. The molecule has 0 N–H and O–H groups in total. The van der Waals surface area contributed by atoms with Crippen LogP contribution in [0.1, 0.15) is 13.3 Å². The molecule has 1 fully saturated rings. The lowest BCUT2D eigenvalue weighted by molar-refractivity contribution is 0.0716. The molecule has 0 amide bonds. The van der Waals surface area contributed by atoms with Crippen LogP contribution in [0.15, 0.2) is 18.5 Å². The molecule has 100 valence electrons. The summed E-state index contributed by atoms with van der Waals surface area (Å²) >= 11 is 5.95. The Labute approximate surface area is 112 Å². The molecule has 0 spiro atoms. The van der Waals surface area contributed by atoms with Crippen LogP contribution in [0.25, 0.3) is 0 Å². The highest BCUT2D eigenvalue weighted by Gasteiger charge is 2.28. The zero-order valence-electron chi connectivity index (χ0n) is 10.5. The minimum atomic E-state index is -1.06. The first-order valence-corrected chi connectivity index (χ1v) is 6.70. The average molecular weight is 273 g/mol. The van der Waals surface area contributed by atoms with Gasteiger partial charge in [-0.25, -0.2) is 14.4 Å². The summed E-state index contributed by atoms with van der Waals surface area (Å²) in [5, 5.41) is -0.426. The van der Waals surface area contributed by atoms with Gasteiger partial charge in [0.1, 0.15) is 0 Å². The van der Waals surface area contributed by atoms with Crippen LogP contribution < -0.4 is 4.90 Å². The van der Waals surface area contributed by atoms with E-state index in [1.165, 1.54) is 0 Å². The maximum Gasteiger partial charge on any atom is 0.225 e. The highest BCUT2D eigenvalue weighted by molar-refractivity contribution is 6.20. The fourth-order valence-electron chi connectivity index (χ4n) is 2.05. The van der Waals surface area contributed by atoms with Crippen LogP contribution in [0.5, 0.6) is 0 Å². The lowest BCUT2D eigenvalue weighted by Gasteiger charge is -2.37. The number of piperazine rings is 1. The van der Waals surface area contributed by atoms with Crippen molar-refractivity contribution in [2.24, 2.45) is 0 Å². The molecule has 18 heavy (non-hydrogen) atoms. The maximum atomic E-state index is 14.0. The van der Waals surface area contributed by atoms with E-state index in [2.05, 4.69) is 14.9 Å². The van der Waals surface area contributed by atoms with Gasteiger partial charge in [-0.3, -0.25) is 4.90 Å². The summed E-state index contributed by atoms with van der Waals surface area (Å²) in [6, 6.07) is 1.79. The molecule has 0 aromatic carbocycles. The molecule has 0 saturated carbocycles. The lowest BCUT2D eigenvalue weighted by atomic mass is 10.2. The lowest BCUT2D eigenvalue weighted by Crippen LogP contribution is -2.51. The molecule has 1 aromatic heterocycles. The first-order valence-electron chi connectivity index (χ1n) is 6.26. The van der Waals surface area contributed by atoms with Gasteiger partial charge in [0.15, 0.2) is 6.30 Å². The molecule has 0 aliphatic carbocycles. The van der Waals surface area contributed by atoms with Crippen molar-refractivity contribution in [2.75, 3.05) is 31.1 Å². The van der Waals surface area contributed by atoms with Crippen molar-refractivity contribution < 1.29 is 4.39 Å². The number of hydrogen-bond acceptors (Lipinski definition) is 4. The van der Waals surface area contributed by atoms with E-state index in [4.69, 9.17) is 11.6 Å². The summed E-state index contributed by atoms with van der Waals surface area (Å²) in [4.78, 5) is 12.3. The third kappa shape index (κ3) is 3.09. The SMILES string of the molecule is CCC(Cl)C(F)N1CCN(c2ncccn2)CC1. The van der Waals surface area contributed by atoms with Crippen LogP contribution >= 0.6 is 11.6 Å². The van der Waals surface area contributed by atoms with Gasteiger partial charge in [-0.1, -0.05) is 6.92 Å². The molecule has 0 bridgehead atoms. The predicted molar refractivity (Wildman–Crippen MR) is 70.6 cm³/mol. The molecule has 2 unspecified atom stereocenters. The first-order chi connectivity index (χ1) is 8.72. The van der Waals surface area contributed by atoms with Crippen molar-refractivity contribution in [3.05, 3.63) is 18.5 Å². The van der Waals surface area contributed by atoms with Gasteiger partial charge >= 0.3 is 0 Å². The minimum absolute atomic E-state index is 0.426. The topological polar surface area (TPSA) is 32.3 Å². The molecular weight excluding hydrogens is 255 g/mol. The standard InChI is InChI=1S/C12H18ClFN4/c1-2-10(13)11(14)17-6-8-18(9-7-17)12-15-4-3-5-16-12/h3-5,10-11H,2,6-9H2,1H3. The zero-order chi connectivity index (χ0) is 13.0. The number of hydrogen-bond donors (Lipinski definition) is 0. The van der Waals surface area contributed by atoms with E-state index in [1.807, 2.05) is 6.92 Å². The van der Waals surface area contributed by atoms with Crippen LogP contribution in [-0.2, 0) is 0 Å². The maximum absolute atomic E-state index is 14.0. The Bertz CT molecular complexity index is 356. The molecule has 2 atom stereocenters. The smallest absolute Gasteiger partial charge is 0.225 e. The van der Waals surface area contributed by atoms with E-state index >= 15 is 0 Å². The molecule has 4 nitrogen and oxygen atoms in total. The quantitative estimate of drug-likeness (QED) is 0.619. The van der Waals surface area contributed by atoms with Gasteiger partial charge in [-0.15, -0.1) is 11.6 Å². The van der Waals surface area contributed by atoms with E-state index < -0.39 is 11.7 Å². The van der Waals surface area contributed by atoms with Gasteiger partial charge in [0, 0.05) is 38.6 Å². The van der Waals surface area contributed by atoms with Crippen LogP contribution in [-0.4, -0.2) is 52.7 Å². The van der Waals surface area contributed by atoms with E-state index in [-0.39, 0.29) is 0 Å². The minimum Gasteiger partial charge on any atom is -0.338 e. The van der Waals surface area contributed by atoms with Crippen molar-refractivity contribution in [1.82, 2.24) is 14.9 Å². The molecule has 1 aliphatic heterocycles. The van der Waals surface area contributed by atoms with Crippen LogP contribution in [0.2, 0.25) is 0 Å². The molecule has 2 heterocycles. The zero-order valence-corrected chi connectivity index (χ0v) is 11.2. The largest absolute Gasteiger partial charge is 0.338 e. The van der Waals surface area contributed by atoms with Gasteiger partial charge in [0.2, 0.25) is 5.95 Å². The number of nitrogens with zero attached hydrogens (tertiary/aromatic N) is 4. The van der Waals surface area contributed by atoms with E-state index in [9.17, 15) is 4.39 Å². The van der Waals surface area contributed by atoms with Gasteiger partial charge in [0.05, 0.1) is 5.38 Å². The molecule has 2 rings (SSSR count). The predicted octanol–water partition coefficient (Wildman–Crippen LogP) is 1.91. The third-order valence-corrected chi connectivity index (χ3v) is 3.70. The van der Waals surface area contributed by atoms with Gasteiger partial charge in [0.25, 0.3) is 0 Å². The Morgan fingerprint density at radius 1 is 1.28 bits per heavy atom.